The van der Waals surface area contributed by atoms with Crippen LogP contribution in [0.1, 0.15) is 63.6 Å². The molecule has 2 heterocycles. The van der Waals surface area contributed by atoms with Gasteiger partial charge in [0, 0.05) is 36.9 Å². The molecule has 1 fully saturated rings. The quantitative estimate of drug-likeness (QED) is 0.358. The van der Waals surface area contributed by atoms with E-state index >= 15 is 0 Å². The fraction of sp³-hybridized carbons (Fsp3) is 0.323. The maximum atomic E-state index is 14.0. The summed E-state index contributed by atoms with van der Waals surface area (Å²) in [7, 11) is 1.85. The number of nitrogens with zero attached hydrogens (tertiary/aromatic N) is 3. The number of amides is 1. The molecule has 2 aromatic carbocycles. The Labute approximate surface area is 221 Å². The molecule has 7 heteroatoms. The molecule has 38 heavy (non-hydrogen) atoms. The molecule has 0 saturated heterocycles. The van der Waals surface area contributed by atoms with E-state index in [0.29, 0.717) is 29.2 Å². The van der Waals surface area contributed by atoms with Crippen molar-refractivity contribution in [3.63, 3.8) is 0 Å². The maximum absolute atomic E-state index is 14.0. The number of rotatable bonds is 7. The molecule has 4 aromatic rings. The van der Waals surface area contributed by atoms with Crippen LogP contribution in [0, 0.1) is 24.1 Å². The average Bonchev–Trinajstić information content (AvgIpc) is 3.56. The molecule has 6 rings (SSSR count). The first-order valence-electron chi connectivity index (χ1n) is 13.3. The standard InChI is InChI=1S/C31H32FN5O/c1-19-14-22(8-9-27(19)32)29(21-6-7-21)35-30(38)24-16-20(18-37-13-12-36(2)31(37)33)15-23(17-24)25-10-11-34-28-5-3-4-26(25)28/h8-17,21,29,33H,3-7,18H2,1-2H3,(H,35,38). The fourth-order valence-corrected chi connectivity index (χ4v) is 5.64. The lowest BCUT2D eigenvalue weighted by Gasteiger charge is -2.20. The van der Waals surface area contributed by atoms with E-state index in [1.807, 2.05) is 54.5 Å². The number of hydrogen-bond acceptors (Lipinski definition) is 3. The van der Waals surface area contributed by atoms with Gasteiger partial charge >= 0.3 is 0 Å². The molecule has 1 atom stereocenters. The van der Waals surface area contributed by atoms with E-state index in [9.17, 15) is 9.18 Å². The zero-order valence-electron chi connectivity index (χ0n) is 21.8. The second-order valence-electron chi connectivity index (χ2n) is 10.7. The SMILES string of the molecule is Cc1cc(C(NC(=O)c2cc(Cn3ccn(C)c3=N)cc(-c3ccnc4c3CCC4)c2)C2CC2)ccc1F. The summed E-state index contributed by atoms with van der Waals surface area (Å²) in [5.74, 6) is -0.00783. The van der Waals surface area contributed by atoms with Crippen LogP contribution in [0.3, 0.4) is 0 Å². The van der Waals surface area contributed by atoms with Gasteiger partial charge < -0.3 is 14.5 Å². The molecule has 0 bridgehead atoms. The summed E-state index contributed by atoms with van der Waals surface area (Å²) in [5, 5.41) is 11.6. The molecule has 1 amide bonds. The van der Waals surface area contributed by atoms with Crippen molar-refractivity contribution in [1.82, 2.24) is 19.4 Å². The van der Waals surface area contributed by atoms with Gasteiger partial charge in [0.15, 0.2) is 0 Å². The molecule has 2 N–H and O–H groups in total. The van der Waals surface area contributed by atoms with Crippen LogP contribution in [0.4, 0.5) is 4.39 Å². The highest BCUT2D eigenvalue weighted by molar-refractivity contribution is 5.96. The van der Waals surface area contributed by atoms with Crippen LogP contribution in [-0.4, -0.2) is 20.0 Å². The third-order valence-electron chi connectivity index (χ3n) is 7.90. The number of nitrogens with one attached hydrogen (secondary N) is 2. The number of hydrogen-bond donors (Lipinski definition) is 2. The van der Waals surface area contributed by atoms with Crippen LogP contribution < -0.4 is 10.9 Å². The van der Waals surface area contributed by atoms with Crippen LogP contribution in [0.2, 0.25) is 0 Å². The van der Waals surface area contributed by atoms with Crippen LogP contribution in [0.25, 0.3) is 11.1 Å². The van der Waals surface area contributed by atoms with Gasteiger partial charge in [0.1, 0.15) is 5.82 Å². The Balaban J connectivity index is 1.38. The molecule has 0 radical (unpaired) electrons. The van der Waals surface area contributed by atoms with E-state index in [-0.39, 0.29) is 17.8 Å². The highest BCUT2D eigenvalue weighted by atomic mass is 19.1. The molecular weight excluding hydrogens is 477 g/mol. The number of aryl methyl sites for hydroxylation is 3. The van der Waals surface area contributed by atoms with E-state index < -0.39 is 0 Å². The monoisotopic (exact) mass is 509 g/mol. The van der Waals surface area contributed by atoms with Crippen molar-refractivity contribution in [2.24, 2.45) is 13.0 Å². The first kappa shape index (κ1) is 24.3. The van der Waals surface area contributed by atoms with E-state index in [1.165, 1.54) is 11.6 Å². The Kier molecular flexibility index (Phi) is 6.22. The zero-order valence-corrected chi connectivity index (χ0v) is 21.8. The largest absolute Gasteiger partial charge is 0.345 e. The average molecular weight is 510 g/mol. The number of pyridine rings is 1. The molecule has 2 aliphatic rings. The van der Waals surface area contributed by atoms with E-state index in [2.05, 4.69) is 16.4 Å². The van der Waals surface area contributed by atoms with Gasteiger partial charge in [-0.3, -0.25) is 15.2 Å². The summed E-state index contributed by atoms with van der Waals surface area (Å²) in [6.45, 7) is 2.25. The third-order valence-corrected chi connectivity index (χ3v) is 7.90. The van der Waals surface area contributed by atoms with Crippen molar-refractivity contribution < 1.29 is 9.18 Å². The summed E-state index contributed by atoms with van der Waals surface area (Å²) in [6.07, 6.45) is 10.8. The van der Waals surface area contributed by atoms with Gasteiger partial charge in [0.05, 0.1) is 12.6 Å². The number of imidazole rings is 1. The lowest BCUT2D eigenvalue weighted by molar-refractivity contribution is 0.0931. The minimum Gasteiger partial charge on any atom is -0.345 e. The number of benzene rings is 2. The number of fused-ring (bicyclic) bond motifs is 1. The minimum absolute atomic E-state index is 0.137. The number of halogens is 1. The normalized spacial score (nSPS) is 15.3. The van der Waals surface area contributed by atoms with Crippen molar-refractivity contribution in [2.75, 3.05) is 0 Å². The van der Waals surface area contributed by atoms with E-state index in [1.54, 1.807) is 17.6 Å². The molecule has 194 valence electrons. The van der Waals surface area contributed by atoms with E-state index in [4.69, 9.17) is 5.41 Å². The Bertz CT molecular complexity index is 1600. The Morgan fingerprint density at radius 2 is 2.00 bits per heavy atom. The first-order chi connectivity index (χ1) is 18.4. The Morgan fingerprint density at radius 1 is 1.16 bits per heavy atom. The second kappa shape index (κ2) is 9.71. The molecule has 1 saturated carbocycles. The topological polar surface area (TPSA) is 75.7 Å². The van der Waals surface area contributed by atoms with Gasteiger partial charge in [0.25, 0.3) is 5.91 Å². The predicted octanol–water partition coefficient (Wildman–Crippen LogP) is 5.23. The Morgan fingerprint density at radius 3 is 2.74 bits per heavy atom. The van der Waals surface area contributed by atoms with Gasteiger partial charge in [0.2, 0.25) is 5.62 Å². The molecule has 0 spiro atoms. The first-order valence-corrected chi connectivity index (χ1v) is 13.3. The van der Waals surface area contributed by atoms with Crippen molar-refractivity contribution >= 4 is 5.91 Å². The molecule has 6 nitrogen and oxygen atoms in total. The third kappa shape index (κ3) is 4.69. The van der Waals surface area contributed by atoms with E-state index in [0.717, 1.165) is 60.1 Å². The summed E-state index contributed by atoms with van der Waals surface area (Å²) >= 11 is 0. The van der Waals surface area contributed by atoms with Crippen molar-refractivity contribution in [3.8, 4) is 11.1 Å². The van der Waals surface area contributed by atoms with Crippen molar-refractivity contribution in [2.45, 2.75) is 51.6 Å². The molecular formula is C31H32FN5O. The number of aromatic nitrogens is 3. The molecule has 2 aromatic heterocycles. The van der Waals surface area contributed by atoms with Crippen LogP contribution in [0.15, 0.2) is 61.1 Å². The van der Waals surface area contributed by atoms with Crippen LogP contribution in [0.5, 0.6) is 0 Å². The summed E-state index contributed by atoms with van der Waals surface area (Å²) in [5.41, 5.74) is 8.01. The zero-order chi connectivity index (χ0) is 26.4. The van der Waals surface area contributed by atoms with Crippen molar-refractivity contribution in [3.05, 3.63) is 106 Å². The summed E-state index contributed by atoms with van der Waals surface area (Å²) < 4.78 is 17.6. The number of carbonyl (C=O) groups is 1. The predicted molar refractivity (Wildman–Crippen MR) is 144 cm³/mol. The summed E-state index contributed by atoms with van der Waals surface area (Å²) in [6, 6.07) is 13.1. The minimum atomic E-state index is -0.232. The highest BCUT2D eigenvalue weighted by Gasteiger charge is 2.34. The molecule has 0 aliphatic heterocycles. The molecule has 1 unspecified atom stereocenters. The van der Waals surface area contributed by atoms with Gasteiger partial charge in [-0.05, 0) is 109 Å². The second-order valence-corrected chi connectivity index (χ2v) is 10.7. The summed E-state index contributed by atoms with van der Waals surface area (Å²) in [4.78, 5) is 18.3. The fourth-order valence-electron chi connectivity index (χ4n) is 5.64. The van der Waals surface area contributed by atoms with Crippen LogP contribution in [-0.2, 0) is 26.4 Å². The lowest BCUT2D eigenvalue weighted by Crippen LogP contribution is -2.30. The van der Waals surface area contributed by atoms with Crippen LogP contribution >= 0.6 is 0 Å². The van der Waals surface area contributed by atoms with Crippen molar-refractivity contribution in [1.29, 1.82) is 5.41 Å². The number of carbonyl (C=O) groups excluding carboxylic acids is 1. The maximum Gasteiger partial charge on any atom is 0.251 e. The highest BCUT2D eigenvalue weighted by Crippen LogP contribution is 2.41. The van der Waals surface area contributed by atoms with Gasteiger partial charge in [-0.25, -0.2) is 4.39 Å². The van der Waals surface area contributed by atoms with Gasteiger partial charge in [-0.1, -0.05) is 12.1 Å². The van der Waals surface area contributed by atoms with Gasteiger partial charge in [-0.15, -0.1) is 0 Å². The Hall–Kier alpha value is -4.00. The lowest BCUT2D eigenvalue weighted by atomic mass is 9.95. The van der Waals surface area contributed by atoms with Gasteiger partial charge in [-0.2, -0.15) is 0 Å². The smallest absolute Gasteiger partial charge is 0.251 e. The molecule has 2 aliphatic carbocycles.